The van der Waals surface area contributed by atoms with Crippen molar-refractivity contribution in [1.29, 1.82) is 0 Å². The highest BCUT2D eigenvalue weighted by molar-refractivity contribution is 6.23. The van der Waals surface area contributed by atoms with E-state index >= 15 is 0 Å². The summed E-state index contributed by atoms with van der Waals surface area (Å²) < 4.78 is 20.7. The van der Waals surface area contributed by atoms with Crippen molar-refractivity contribution in [2.75, 3.05) is 9.80 Å². The van der Waals surface area contributed by atoms with Crippen molar-refractivity contribution in [1.82, 2.24) is 0 Å². The molecule has 2 aromatic rings. The maximum atomic E-state index is 14.2. The van der Waals surface area contributed by atoms with Crippen LogP contribution in [0.1, 0.15) is 50.7 Å². The van der Waals surface area contributed by atoms with Gasteiger partial charge in [-0.25, -0.2) is 4.90 Å². The molecular weight excluding hydrogens is 436 g/mol. The van der Waals surface area contributed by atoms with Crippen LogP contribution in [0.25, 0.3) is 0 Å². The van der Waals surface area contributed by atoms with Gasteiger partial charge in [-0.3, -0.25) is 19.3 Å². The maximum absolute atomic E-state index is 14.2. The van der Waals surface area contributed by atoms with Crippen molar-refractivity contribution in [2.24, 2.45) is 0 Å². The third-order valence-electron chi connectivity index (χ3n) is 8.63. The van der Waals surface area contributed by atoms with Crippen molar-refractivity contribution < 1.29 is 28.6 Å². The fourth-order valence-electron chi connectivity index (χ4n) is 7.11. The summed E-state index contributed by atoms with van der Waals surface area (Å²) in [7, 11) is 0. The van der Waals surface area contributed by atoms with Gasteiger partial charge in [-0.1, -0.05) is 36.4 Å². The molecule has 4 aliphatic heterocycles. The third kappa shape index (κ3) is 1.62. The number of ether oxygens (including phenoxy) is 3. The first-order valence-corrected chi connectivity index (χ1v) is 11.7. The summed E-state index contributed by atoms with van der Waals surface area (Å²) in [6.07, 6.45) is 3.26. The first-order valence-electron chi connectivity index (χ1n) is 11.7. The van der Waals surface area contributed by atoms with E-state index in [2.05, 4.69) is 0 Å². The number of carbonyl (C=O) groups is 3. The molecule has 2 aromatic carbocycles. The number of hydrogen-bond donors (Lipinski definition) is 0. The van der Waals surface area contributed by atoms with Crippen LogP contribution in [0.4, 0.5) is 11.4 Å². The summed E-state index contributed by atoms with van der Waals surface area (Å²) in [6.45, 7) is 2.83. The number of para-hydroxylation sites is 2. The summed E-state index contributed by atoms with van der Waals surface area (Å²) in [6, 6.07) is 14.6. The second-order valence-corrected chi connectivity index (χ2v) is 10.3. The van der Waals surface area contributed by atoms with Gasteiger partial charge in [-0.05, 0) is 37.8 Å². The van der Waals surface area contributed by atoms with E-state index in [9.17, 15) is 14.4 Å². The topological polar surface area (TPSA) is 85.4 Å². The lowest BCUT2D eigenvalue weighted by molar-refractivity contribution is -0.539. The molecule has 172 valence electrons. The second kappa shape index (κ2) is 5.27. The van der Waals surface area contributed by atoms with Crippen molar-refractivity contribution in [3.63, 3.8) is 0 Å². The van der Waals surface area contributed by atoms with Crippen molar-refractivity contribution in [3.05, 3.63) is 59.7 Å². The molecule has 0 N–H and O–H groups in total. The van der Waals surface area contributed by atoms with Crippen LogP contribution in [0.15, 0.2) is 48.5 Å². The molecule has 0 aromatic heterocycles. The van der Waals surface area contributed by atoms with Gasteiger partial charge in [0.05, 0.1) is 17.0 Å². The van der Waals surface area contributed by atoms with Gasteiger partial charge in [0.2, 0.25) is 23.0 Å². The Hall–Kier alpha value is -3.07. The third-order valence-corrected chi connectivity index (χ3v) is 8.63. The minimum Gasteiger partial charge on any atom is -0.349 e. The molecular formula is C26H22N2O6. The second-order valence-electron chi connectivity index (χ2n) is 10.3. The van der Waals surface area contributed by atoms with Gasteiger partial charge < -0.3 is 14.2 Å². The molecule has 0 radical (unpaired) electrons. The molecule has 0 bridgehead atoms. The minimum atomic E-state index is -1.65. The lowest BCUT2D eigenvalue weighted by Crippen LogP contribution is -2.88. The monoisotopic (exact) mass is 458 g/mol. The van der Waals surface area contributed by atoms with Crippen LogP contribution < -0.4 is 9.80 Å². The molecule has 3 amide bonds. The van der Waals surface area contributed by atoms with E-state index in [4.69, 9.17) is 14.2 Å². The zero-order valence-corrected chi connectivity index (χ0v) is 18.8. The average molecular weight is 458 g/mol. The average Bonchev–Trinajstić information content (AvgIpc) is 3.70. The van der Waals surface area contributed by atoms with E-state index in [1.807, 2.05) is 30.3 Å². The Morgan fingerprint density at radius 3 is 1.97 bits per heavy atom. The van der Waals surface area contributed by atoms with E-state index in [1.54, 1.807) is 18.2 Å². The SMILES string of the molecule is CC(=O)N1C(=O)[C@]2(O[C@]34OC5(CC5)C5(CC5)O[C@@]32c2ccccc2N4C(C)=O)c2ccccc21. The van der Waals surface area contributed by atoms with Gasteiger partial charge in [-0.15, -0.1) is 0 Å². The Bertz CT molecular complexity index is 1380. The van der Waals surface area contributed by atoms with E-state index in [0.29, 0.717) is 22.5 Å². The van der Waals surface area contributed by atoms with Crippen LogP contribution in [0.5, 0.6) is 0 Å². The summed E-state index contributed by atoms with van der Waals surface area (Å²) in [5.41, 5.74) is -1.86. The Morgan fingerprint density at radius 2 is 1.35 bits per heavy atom. The van der Waals surface area contributed by atoms with Gasteiger partial charge in [0.15, 0.2) is 0 Å². The summed E-state index contributed by atoms with van der Waals surface area (Å²) in [5.74, 6) is -2.80. The van der Waals surface area contributed by atoms with E-state index < -0.39 is 40.1 Å². The van der Waals surface area contributed by atoms with Crippen molar-refractivity contribution in [3.8, 4) is 0 Å². The Labute approximate surface area is 195 Å². The molecule has 2 saturated heterocycles. The van der Waals surface area contributed by atoms with Crippen LogP contribution >= 0.6 is 0 Å². The van der Waals surface area contributed by atoms with E-state index in [0.717, 1.165) is 30.6 Å². The quantitative estimate of drug-likeness (QED) is 0.604. The number of rotatable bonds is 0. The molecule has 4 fully saturated rings. The summed E-state index contributed by atoms with van der Waals surface area (Å²) in [4.78, 5) is 42.7. The Morgan fingerprint density at radius 1 is 0.765 bits per heavy atom. The van der Waals surface area contributed by atoms with Gasteiger partial charge >= 0.3 is 0 Å². The summed E-state index contributed by atoms with van der Waals surface area (Å²) >= 11 is 0. The van der Waals surface area contributed by atoms with Crippen LogP contribution in [-0.2, 0) is 39.8 Å². The Balaban J connectivity index is 1.47. The molecule has 8 heteroatoms. The van der Waals surface area contributed by atoms with E-state index in [-0.39, 0.29) is 5.91 Å². The minimum absolute atomic E-state index is 0.266. The highest BCUT2D eigenvalue weighted by Gasteiger charge is 2.97. The predicted molar refractivity (Wildman–Crippen MR) is 117 cm³/mol. The van der Waals surface area contributed by atoms with Gasteiger partial charge in [0.25, 0.3) is 11.8 Å². The predicted octanol–water partition coefficient (Wildman–Crippen LogP) is 2.83. The molecule has 4 heterocycles. The highest BCUT2D eigenvalue weighted by atomic mass is 16.8. The fourth-order valence-corrected chi connectivity index (χ4v) is 7.11. The number of nitrogens with zero attached hydrogens (tertiary/aromatic N) is 2. The maximum Gasteiger partial charge on any atom is 0.299 e. The first-order chi connectivity index (χ1) is 16.3. The van der Waals surface area contributed by atoms with Gasteiger partial charge in [0.1, 0.15) is 5.60 Å². The number of amides is 3. The highest BCUT2D eigenvalue weighted by Crippen LogP contribution is 2.82. The largest absolute Gasteiger partial charge is 0.349 e. The molecule has 6 aliphatic rings. The smallest absolute Gasteiger partial charge is 0.299 e. The van der Waals surface area contributed by atoms with E-state index in [1.165, 1.54) is 18.7 Å². The van der Waals surface area contributed by atoms with Crippen molar-refractivity contribution in [2.45, 2.75) is 67.8 Å². The molecule has 0 unspecified atom stereocenters. The van der Waals surface area contributed by atoms with Gasteiger partial charge in [0, 0.05) is 25.0 Å². The molecule has 8 nitrogen and oxygen atoms in total. The van der Waals surface area contributed by atoms with Crippen molar-refractivity contribution >= 4 is 29.1 Å². The molecule has 34 heavy (non-hydrogen) atoms. The number of hydrogen-bond acceptors (Lipinski definition) is 6. The number of anilines is 2. The van der Waals surface area contributed by atoms with Gasteiger partial charge in [-0.2, -0.15) is 0 Å². The molecule has 8 rings (SSSR count). The number of fused-ring (bicyclic) bond motifs is 4. The molecule has 2 aliphatic carbocycles. The normalized spacial score (nSPS) is 36.1. The first kappa shape index (κ1) is 19.3. The summed E-state index contributed by atoms with van der Waals surface area (Å²) in [5, 5.41) is 0. The zero-order chi connectivity index (χ0) is 23.3. The molecule has 3 atom stereocenters. The zero-order valence-electron chi connectivity index (χ0n) is 18.8. The van der Waals surface area contributed by atoms with Crippen LogP contribution in [0.2, 0.25) is 0 Å². The lowest BCUT2D eigenvalue weighted by Gasteiger charge is -2.68. The van der Waals surface area contributed by atoms with Crippen LogP contribution in [-0.4, -0.2) is 34.8 Å². The number of benzene rings is 2. The van der Waals surface area contributed by atoms with Crippen LogP contribution in [0.3, 0.4) is 0 Å². The fraction of sp³-hybridized carbons (Fsp3) is 0.423. The van der Waals surface area contributed by atoms with Crippen LogP contribution in [0, 0.1) is 0 Å². The standard InChI is InChI=1S/C26H22N2O6/c1-15(29)27-19-9-5-3-7-17(19)24(21(27)31)25-18-8-4-6-10-20(18)28(16(2)30)26(25,34-24)33-23(13-14-23)22(32-25)11-12-22/h3-10H,11-14H2,1-2H3/t24-,25-,26-/m1/s1. The molecule has 3 spiro atoms. The number of imide groups is 1. The Kier molecular flexibility index (Phi) is 2.99. The molecule has 2 saturated carbocycles. The number of carbonyl (C=O) groups excluding carboxylic acids is 3. The lowest BCUT2D eigenvalue weighted by atomic mass is 9.66.